The Labute approximate surface area is 109 Å². The minimum atomic E-state index is -0.446. The molecule has 3 nitrogen and oxygen atoms in total. The first-order valence-electron chi connectivity index (χ1n) is 6.51. The van der Waals surface area contributed by atoms with Crippen LogP contribution in [0.1, 0.15) is 32.8 Å². The molecule has 2 atom stereocenters. The van der Waals surface area contributed by atoms with E-state index in [1.807, 2.05) is 19.1 Å². The van der Waals surface area contributed by atoms with Gasteiger partial charge in [-0.2, -0.15) is 0 Å². The van der Waals surface area contributed by atoms with Crippen LogP contribution in [0.3, 0.4) is 0 Å². The van der Waals surface area contributed by atoms with Crippen molar-refractivity contribution >= 4 is 0 Å². The minimum Gasteiger partial charge on any atom is -0.497 e. The normalized spacial score (nSPS) is 26.2. The van der Waals surface area contributed by atoms with Gasteiger partial charge in [-0.15, -0.1) is 0 Å². The second-order valence-electron chi connectivity index (χ2n) is 5.13. The van der Waals surface area contributed by atoms with Gasteiger partial charge in [0.25, 0.3) is 0 Å². The summed E-state index contributed by atoms with van der Waals surface area (Å²) in [5.74, 6) is 0.444. The van der Waals surface area contributed by atoms with Gasteiger partial charge in [0.2, 0.25) is 0 Å². The maximum Gasteiger partial charge on any atom is 0.166 e. The number of aryl methyl sites for hydroxylation is 1. The zero-order valence-corrected chi connectivity index (χ0v) is 11.6. The topological polar surface area (TPSA) is 27.7 Å². The molecule has 0 saturated carbocycles. The van der Waals surface area contributed by atoms with Crippen LogP contribution in [0.15, 0.2) is 24.3 Å². The van der Waals surface area contributed by atoms with E-state index in [0.29, 0.717) is 0 Å². The van der Waals surface area contributed by atoms with Gasteiger partial charge in [-0.25, -0.2) is 0 Å². The van der Waals surface area contributed by atoms with E-state index in [4.69, 9.17) is 14.2 Å². The molecule has 18 heavy (non-hydrogen) atoms. The number of hydrogen-bond acceptors (Lipinski definition) is 3. The molecular formula is C15H22O3. The number of methoxy groups -OCH3 is 1. The molecule has 1 saturated heterocycles. The lowest BCUT2D eigenvalue weighted by molar-refractivity contribution is -0.162. The van der Waals surface area contributed by atoms with Gasteiger partial charge in [-0.3, -0.25) is 0 Å². The Hall–Kier alpha value is -1.06. The zero-order chi connectivity index (χ0) is 13.2. The molecule has 1 aliphatic heterocycles. The number of hydrogen-bond donors (Lipinski definition) is 0. The van der Waals surface area contributed by atoms with Gasteiger partial charge >= 0.3 is 0 Å². The Kier molecular flexibility index (Phi) is 3.93. The van der Waals surface area contributed by atoms with Crippen molar-refractivity contribution in [2.75, 3.05) is 7.11 Å². The largest absolute Gasteiger partial charge is 0.497 e. The highest BCUT2D eigenvalue weighted by atomic mass is 16.7. The van der Waals surface area contributed by atoms with Crippen LogP contribution in [0.2, 0.25) is 0 Å². The number of ether oxygens (including phenoxy) is 3. The van der Waals surface area contributed by atoms with Crippen LogP contribution >= 0.6 is 0 Å². The molecule has 1 heterocycles. The molecule has 0 radical (unpaired) electrons. The summed E-state index contributed by atoms with van der Waals surface area (Å²) in [6.45, 7) is 6.14. The third kappa shape index (κ3) is 3.03. The molecule has 0 bridgehead atoms. The molecule has 1 fully saturated rings. The van der Waals surface area contributed by atoms with Crippen molar-refractivity contribution in [2.45, 2.75) is 51.6 Å². The van der Waals surface area contributed by atoms with E-state index in [1.54, 1.807) is 7.11 Å². The standard InChI is InChI=1S/C15H22O3/c1-11-12(2)18-15(3,17-11)10-9-13-5-7-14(16-4)8-6-13/h5-8,11-12H,9-10H2,1-4H3/t11-,12-/m1/s1. The Morgan fingerprint density at radius 3 is 2.17 bits per heavy atom. The Morgan fingerprint density at radius 2 is 1.67 bits per heavy atom. The fraction of sp³-hybridized carbons (Fsp3) is 0.600. The lowest BCUT2D eigenvalue weighted by atomic mass is 10.1. The molecule has 1 aromatic carbocycles. The summed E-state index contributed by atoms with van der Waals surface area (Å²) in [5.41, 5.74) is 1.27. The molecule has 0 aromatic heterocycles. The fourth-order valence-electron chi connectivity index (χ4n) is 2.29. The molecule has 2 rings (SSSR count). The lowest BCUT2D eigenvalue weighted by Crippen LogP contribution is -2.27. The number of benzene rings is 1. The summed E-state index contributed by atoms with van der Waals surface area (Å²) >= 11 is 0. The maximum atomic E-state index is 5.88. The van der Waals surface area contributed by atoms with Crippen molar-refractivity contribution in [2.24, 2.45) is 0 Å². The average Bonchev–Trinajstić information content (AvgIpc) is 2.62. The van der Waals surface area contributed by atoms with E-state index in [0.717, 1.165) is 18.6 Å². The third-order valence-electron chi connectivity index (χ3n) is 3.56. The van der Waals surface area contributed by atoms with Crippen LogP contribution in [-0.2, 0) is 15.9 Å². The molecule has 0 spiro atoms. The van der Waals surface area contributed by atoms with Crippen LogP contribution in [0.25, 0.3) is 0 Å². The molecule has 0 unspecified atom stereocenters. The van der Waals surface area contributed by atoms with Gasteiger partial charge in [0, 0.05) is 6.42 Å². The van der Waals surface area contributed by atoms with E-state index < -0.39 is 5.79 Å². The molecule has 3 heteroatoms. The average molecular weight is 250 g/mol. The van der Waals surface area contributed by atoms with Gasteiger partial charge in [0.15, 0.2) is 5.79 Å². The monoisotopic (exact) mass is 250 g/mol. The van der Waals surface area contributed by atoms with E-state index in [-0.39, 0.29) is 12.2 Å². The van der Waals surface area contributed by atoms with E-state index in [2.05, 4.69) is 26.0 Å². The predicted octanol–water partition coefficient (Wildman–Crippen LogP) is 3.17. The van der Waals surface area contributed by atoms with Gasteiger partial charge < -0.3 is 14.2 Å². The second kappa shape index (κ2) is 5.29. The van der Waals surface area contributed by atoms with Crippen molar-refractivity contribution in [1.29, 1.82) is 0 Å². The van der Waals surface area contributed by atoms with E-state index >= 15 is 0 Å². The predicted molar refractivity (Wildman–Crippen MR) is 70.8 cm³/mol. The van der Waals surface area contributed by atoms with Crippen LogP contribution in [0.4, 0.5) is 0 Å². The van der Waals surface area contributed by atoms with Gasteiger partial charge in [-0.05, 0) is 44.9 Å². The first-order valence-corrected chi connectivity index (χ1v) is 6.51. The molecule has 100 valence electrons. The zero-order valence-electron chi connectivity index (χ0n) is 11.6. The second-order valence-corrected chi connectivity index (χ2v) is 5.13. The summed E-state index contributed by atoms with van der Waals surface area (Å²) in [5, 5.41) is 0. The first kappa shape index (κ1) is 13.4. The van der Waals surface area contributed by atoms with Gasteiger partial charge in [0.05, 0.1) is 19.3 Å². The van der Waals surface area contributed by atoms with E-state index in [1.165, 1.54) is 5.56 Å². The fourth-order valence-corrected chi connectivity index (χ4v) is 2.29. The Bertz CT molecular complexity index is 375. The highest BCUT2D eigenvalue weighted by Crippen LogP contribution is 2.32. The Morgan fingerprint density at radius 1 is 1.11 bits per heavy atom. The van der Waals surface area contributed by atoms with Crippen LogP contribution in [-0.4, -0.2) is 25.1 Å². The first-order chi connectivity index (χ1) is 8.52. The summed E-state index contributed by atoms with van der Waals surface area (Å²) in [7, 11) is 1.68. The molecule has 1 aromatic rings. The summed E-state index contributed by atoms with van der Waals surface area (Å²) in [4.78, 5) is 0. The van der Waals surface area contributed by atoms with Crippen LogP contribution < -0.4 is 4.74 Å². The summed E-state index contributed by atoms with van der Waals surface area (Å²) in [6, 6.07) is 8.15. The highest BCUT2D eigenvalue weighted by molar-refractivity contribution is 5.27. The third-order valence-corrected chi connectivity index (χ3v) is 3.56. The summed E-state index contributed by atoms with van der Waals surface area (Å²) in [6.07, 6.45) is 2.16. The van der Waals surface area contributed by atoms with Crippen molar-refractivity contribution in [3.8, 4) is 5.75 Å². The summed E-state index contributed by atoms with van der Waals surface area (Å²) < 4.78 is 16.9. The van der Waals surface area contributed by atoms with Gasteiger partial charge in [0.1, 0.15) is 5.75 Å². The van der Waals surface area contributed by atoms with Crippen LogP contribution in [0, 0.1) is 0 Å². The van der Waals surface area contributed by atoms with Crippen LogP contribution in [0.5, 0.6) is 5.75 Å². The molecule has 0 N–H and O–H groups in total. The lowest BCUT2D eigenvalue weighted by Gasteiger charge is -2.23. The molecular weight excluding hydrogens is 228 g/mol. The number of rotatable bonds is 4. The van der Waals surface area contributed by atoms with Crippen molar-refractivity contribution in [3.63, 3.8) is 0 Å². The van der Waals surface area contributed by atoms with Gasteiger partial charge in [-0.1, -0.05) is 12.1 Å². The highest BCUT2D eigenvalue weighted by Gasteiger charge is 2.39. The smallest absolute Gasteiger partial charge is 0.166 e. The van der Waals surface area contributed by atoms with Crippen molar-refractivity contribution in [1.82, 2.24) is 0 Å². The maximum absolute atomic E-state index is 5.88. The van der Waals surface area contributed by atoms with Crippen molar-refractivity contribution in [3.05, 3.63) is 29.8 Å². The molecule has 0 amide bonds. The quantitative estimate of drug-likeness (QED) is 0.821. The Balaban J connectivity index is 1.91. The molecule has 1 aliphatic rings. The van der Waals surface area contributed by atoms with Crippen molar-refractivity contribution < 1.29 is 14.2 Å². The minimum absolute atomic E-state index is 0.172. The SMILES string of the molecule is COc1ccc(CCC2(C)O[C@H](C)[C@@H](C)O2)cc1. The molecule has 0 aliphatic carbocycles. The van der Waals surface area contributed by atoms with E-state index in [9.17, 15) is 0 Å².